The summed E-state index contributed by atoms with van der Waals surface area (Å²) >= 11 is 0. The van der Waals surface area contributed by atoms with E-state index >= 15 is 0 Å². The standard InChI is InChI=1S/C22H19O2S/c23-22-15-18(16-24-22)17-11-13-21(14-12-17)25(19-7-3-1-4-8-19)20-9-5-2-6-10-20/h1-14,18H,15-16H2/q+1. The van der Waals surface area contributed by atoms with Gasteiger partial charge in [0.25, 0.3) is 0 Å². The van der Waals surface area contributed by atoms with Crippen molar-refractivity contribution >= 4 is 16.9 Å². The van der Waals surface area contributed by atoms with Gasteiger partial charge in [0, 0.05) is 5.92 Å². The Kier molecular flexibility index (Phi) is 4.57. The molecule has 0 aliphatic carbocycles. The molecule has 3 aromatic rings. The van der Waals surface area contributed by atoms with E-state index < -0.39 is 0 Å². The summed E-state index contributed by atoms with van der Waals surface area (Å²) in [5.41, 5.74) is 1.18. The number of benzene rings is 3. The Hall–Kier alpha value is -2.52. The van der Waals surface area contributed by atoms with Gasteiger partial charge < -0.3 is 4.74 Å². The van der Waals surface area contributed by atoms with Crippen LogP contribution in [0.15, 0.2) is 99.6 Å². The second-order valence-corrected chi connectivity index (χ2v) is 8.11. The molecule has 3 heteroatoms. The molecule has 0 saturated carbocycles. The molecule has 1 unspecified atom stereocenters. The van der Waals surface area contributed by atoms with Crippen LogP contribution in [0.4, 0.5) is 0 Å². The summed E-state index contributed by atoms with van der Waals surface area (Å²) in [4.78, 5) is 15.2. The molecule has 0 bridgehead atoms. The Bertz CT molecular complexity index is 805. The lowest BCUT2D eigenvalue weighted by atomic mass is 9.99. The predicted molar refractivity (Wildman–Crippen MR) is 99.8 cm³/mol. The van der Waals surface area contributed by atoms with E-state index in [0.29, 0.717) is 13.0 Å². The van der Waals surface area contributed by atoms with Crippen LogP contribution in [0.25, 0.3) is 0 Å². The molecule has 1 atom stereocenters. The van der Waals surface area contributed by atoms with Crippen molar-refractivity contribution in [2.24, 2.45) is 0 Å². The van der Waals surface area contributed by atoms with Gasteiger partial charge in [0.15, 0.2) is 14.7 Å². The minimum Gasteiger partial charge on any atom is -0.465 e. The lowest BCUT2D eigenvalue weighted by molar-refractivity contribution is -0.137. The second-order valence-electron chi connectivity index (χ2n) is 6.09. The Balaban J connectivity index is 1.69. The summed E-state index contributed by atoms with van der Waals surface area (Å²) < 4.78 is 5.10. The van der Waals surface area contributed by atoms with E-state index in [4.69, 9.17) is 4.74 Å². The number of esters is 1. The van der Waals surface area contributed by atoms with E-state index in [9.17, 15) is 4.79 Å². The van der Waals surface area contributed by atoms with Crippen LogP contribution in [-0.2, 0) is 20.4 Å². The fraction of sp³-hybridized carbons (Fsp3) is 0.136. The van der Waals surface area contributed by atoms with Gasteiger partial charge in [0.2, 0.25) is 0 Å². The van der Waals surface area contributed by atoms with Gasteiger partial charge >= 0.3 is 5.97 Å². The van der Waals surface area contributed by atoms with Crippen molar-refractivity contribution in [3.8, 4) is 0 Å². The zero-order valence-electron chi connectivity index (χ0n) is 13.8. The highest BCUT2D eigenvalue weighted by Gasteiger charge is 2.29. The van der Waals surface area contributed by atoms with Crippen LogP contribution in [-0.4, -0.2) is 12.6 Å². The van der Waals surface area contributed by atoms with Crippen molar-refractivity contribution in [2.45, 2.75) is 27.0 Å². The highest BCUT2D eigenvalue weighted by atomic mass is 32.2. The second kappa shape index (κ2) is 7.16. The van der Waals surface area contributed by atoms with Crippen LogP contribution in [0.2, 0.25) is 0 Å². The first-order valence-electron chi connectivity index (χ1n) is 8.41. The fourth-order valence-corrected chi connectivity index (χ4v) is 5.21. The predicted octanol–water partition coefficient (Wildman–Crippen LogP) is 4.81. The molecule has 1 saturated heterocycles. The molecule has 2 nitrogen and oxygen atoms in total. The molecule has 25 heavy (non-hydrogen) atoms. The monoisotopic (exact) mass is 347 g/mol. The molecule has 0 N–H and O–H groups in total. The van der Waals surface area contributed by atoms with Crippen LogP contribution < -0.4 is 0 Å². The van der Waals surface area contributed by atoms with E-state index in [1.807, 2.05) is 0 Å². The summed E-state index contributed by atoms with van der Waals surface area (Å²) in [5.74, 6) is 0.0965. The quantitative estimate of drug-likeness (QED) is 0.500. The molecule has 0 amide bonds. The summed E-state index contributed by atoms with van der Waals surface area (Å²) in [6.07, 6.45) is 0.489. The number of cyclic esters (lactones) is 1. The number of carbonyl (C=O) groups excluding carboxylic acids is 1. The number of hydrogen-bond acceptors (Lipinski definition) is 2. The average molecular weight is 347 g/mol. The third kappa shape index (κ3) is 3.47. The fourth-order valence-electron chi connectivity index (χ4n) is 3.12. The Morgan fingerprint density at radius 2 is 1.24 bits per heavy atom. The maximum absolute atomic E-state index is 11.4. The molecule has 1 heterocycles. The molecule has 0 radical (unpaired) electrons. The zero-order valence-corrected chi connectivity index (χ0v) is 14.6. The van der Waals surface area contributed by atoms with Crippen molar-refractivity contribution in [3.63, 3.8) is 0 Å². The minimum atomic E-state index is -0.130. The van der Waals surface area contributed by atoms with E-state index in [1.165, 1.54) is 20.2 Å². The maximum Gasteiger partial charge on any atom is 0.306 e. The van der Waals surface area contributed by atoms with Crippen molar-refractivity contribution in [1.82, 2.24) is 0 Å². The van der Waals surface area contributed by atoms with Crippen LogP contribution >= 0.6 is 0 Å². The molecule has 0 spiro atoms. The molecular weight excluding hydrogens is 328 g/mol. The topological polar surface area (TPSA) is 26.3 Å². The first kappa shape index (κ1) is 16.0. The van der Waals surface area contributed by atoms with E-state index in [0.717, 1.165) is 0 Å². The number of ether oxygens (including phenoxy) is 1. The lowest BCUT2D eigenvalue weighted by Crippen LogP contribution is -2.05. The van der Waals surface area contributed by atoms with Gasteiger partial charge in [-0.2, -0.15) is 0 Å². The first-order chi connectivity index (χ1) is 12.3. The SMILES string of the molecule is O=C1CC(c2ccc([S+](c3ccccc3)c3ccccc3)cc2)CO1. The van der Waals surface area contributed by atoms with Crippen LogP contribution in [0.1, 0.15) is 17.9 Å². The van der Waals surface area contributed by atoms with Crippen LogP contribution in [0.3, 0.4) is 0 Å². The summed E-state index contributed by atoms with van der Waals surface area (Å²) in [6.45, 7) is 0.501. The third-order valence-corrected chi connectivity index (χ3v) is 6.63. The molecule has 1 fully saturated rings. The molecule has 0 aromatic heterocycles. The van der Waals surface area contributed by atoms with Crippen molar-refractivity contribution < 1.29 is 9.53 Å². The highest BCUT2D eigenvalue weighted by molar-refractivity contribution is 7.97. The zero-order chi connectivity index (χ0) is 17.1. The summed E-state index contributed by atoms with van der Waals surface area (Å²) in [6, 6.07) is 29.9. The van der Waals surface area contributed by atoms with Gasteiger partial charge in [-0.1, -0.05) is 48.5 Å². The van der Waals surface area contributed by atoms with Gasteiger partial charge in [0.1, 0.15) is 0 Å². The van der Waals surface area contributed by atoms with E-state index in [-0.39, 0.29) is 22.8 Å². The number of rotatable bonds is 4. The van der Waals surface area contributed by atoms with Gasteiger partial charge in [-0.3, -0.25) is 4.79 Å². The molecule has 1 aliphatic rings. The average Bonchev–Trinajstić information content (AvgIpc) is 3.11. The van der Waals surface area contributed by atoms with Gasteiger partial charge in [-0.25, -0.2) is 0 Å². The largest absolute Gasteiger partial charge is 0.465 e. The third-order valence-electron chi connectivity index (χ3n) is 4.40. The molecule has 1 aliphatic heterocycles. The van der Waals surface area contributed by atoms with Gasteiger partial charge in [-0.15, -0.1) is 0 Å². The number of carbonyl (C=O) groups is 1. The molecule has 3 aromatic carbocycles. The Morgan fingerprint density at radius 3 is 1.72 bits per heavy atom. The Labute approximate surface area is 150 Å². The van der Waals surface area contributed by atoms with Crippen molar-refractivity contribution in [1.29, 1.82) is 0 Å². The molecular formula is C22H19O2S+. The summed E-state index contributed by atoms with van der Waals surface area (Å²) in [5, 5.41) is 0. The number of hydrogen-bond donors (Lipinski definition) is 0. The van der Waals surface area contributed by atoms with Gasteiger partial charge in [-0.05, 0) is 42.0 Å². The maximum atomic E-state index is 11.4. The van der Waals surface area contributed by atoms with Gasteiger partial charge in [0.05, 0.1) is 23.9 Å². The lowest BCUT2D eigenvalue weighted by Gasteiger charge is -2.10. The Morgan fingerprint density at radius 1 is 0.720 bits per heavy atom. The minimum absolute atomic E-state index is 0.0950. The molecule has 4 rings (SSSR count). The van der Waals surface area contributed by atoms with Crippen molar-refractivity contribution in [2.75, 3.05) is 6.61 Å². The van der Waals surface area contributed by atoms with Crippen LogP contribution in [0.5, 0.6) is 0 Å². The normalized spacial score (nSPS) is 16.8. The van der Waals surface area contributed by atoms with E-state index in [1.54, 1.807) is 0 Å². The molecule has 124 valence electrons. The van der Waals surface area contributed by atoms with E-state index in [2.05, 4.69) is 84.9 Å². The van der Waals surface area contributed by atoms with Crippen LogP contribution in [0, 0.1) is 0 Å². The smallest absolute Gasteiger partial charge is 0.306 e. The summed E-state index contributed by atoms with van der Waals surface area (Å²) in [7, 11) is -0.130. The first-order valence-corrected chi connectivity index (χ1v) is 9.64. The highest BCUT2D eigenvalue weighted by Crippen LogP contribution is 2.33. The van der Waals surface area contributed by atoms with Crippen molar-refractivity contribution in [3.05, 3.63) is 90.5 Å².